The van der Waals surface area contributed by atoms with Gasteiger partial charge in [0, 0.05) is 13.2 Å². The number of nitrogens with one attached hydrogen (secondary N) is 1. The lowest BCUT2D eigenvalue weighted by Gasteiger charge is -2.22. The molecule has 0 aliphatic carbocycles. The number of ether oxygens (including phenoxy) is 1. The summed E-state index contributed by atoms with van der Waals surface area (Å²) in [5, 5.41) is 3.60. The van der Waals surface area contributed by atoms with E-state index in [1.165, 1.54) is 70.9 Å². The molecule has 1 saturated heterocycles. The summed E-state index contributed by atoms with van der Waals surface area (Å²) in [6, 6.07) is 0. The quantitative estimate of drug-likeness (QED) is 0.588. The molecule has 0 saturated carbocycles. The minimum Gasteiger partial charge on any atom is -0.381 e. The molecule has 0 bridgehead atoms. The van der Waals surface area contributed by atoms with Crippen molar-refractivity contribution in [2.24, 2.45) is 5.92 Å². The molecule has 1 rings (SSSR count). The molecule has 2 heteroatoms. The highest BCUT2D eigenvalue weighted by Gasteiger charge is 2.12. The predicted molar refractivity (Wildman–Crippen MR) is 74.4 cm³/mol. The Morgan fingerprint density at radius 2 is 1.59 bits per heavy atom. The molecule has 0 aromatic heterocycles. The lowest BCUT2D eigenvalue weighted by molar-refractivity contribution is 0.0663. The Bertz CT molecular complexity index is 155. The average molecular weight is 241 g/mol. The van der Waals surface area contributed by atoms with Gasteiger partial charge in [-0.3, -0.25) is 0 Å². The lowest BCUT2D eigenvalue weighted by Crippen LogP contribution is -2.28. The van der Waals surface area contributed by atoms with E-state index >= 15 is 0 Å². The van der Waals surface area contributed by atoms with Crippen molar-refractivity contribution < 1.29 is 4.74 Å². The topological polar surface area (TPSA) is 21.3 Å². The summed E-state index contributed by atoms with van der Waals surface area (Å²) in [5.74, 6) is 0.869. The van der Waals surface area contributed by atoms with Crippen LogP contribution in [0.5, 0.6) is 0 Å². The van der Waals surface area contributed by atoms with E-state index in [-0.39, 0.29) is 0 Å². The molecule has 1 heterocycles. The van der Waals surface area contributed by atoms with Gasteiger partial charge in [0.1, 0.15) is 0 Å². The van der Waals surface area contributed by atoms with Crippen LogP contribution >= 0.6 is 0 Å². The fourth-order valence-electron chi connectivity index (χ4n) is 2.46. The van der Waals surface area contributed by atoms with E-state index in [0.29, 0.717) is 0 Å². The van der Waals surface area contributed by atoms with Crippen LogP contribution in [0.3, 0.4) is 0 Å². The summed E-state index contributed by atoms with van der Waals surface area (Å²) in [7, 11) is 0. The average Bonchev–Trinajstić information content (AvgIpc) is 2.38. The molecular weight excluding hydrogens is 210 g/mol. The Hall–Kier alpha value is -0.0800. The number of rotatable bonds is 10. The van der Waals surface area contributed by atoms with Gasteiger partial charge in [0.2, 0.25) is 0 Å². The lowest BCUT2D eigenvalue weighted by atomic mass is 10.0. The van der Waals surface area contributed by atoms with Crippen LogP contribution in [0.25, 0.3) is 0 Å². The van der Waals surface area contributed by atoms with Crippen molar-refractivity contribution in [2.75, 3.05) is 26.3 Å². The molecule has 0 aromatic rings. The van der Waals surface area contributed by atoms with Gasteiger partial charge in [-0.05, 0) is 38.3 Å². The molecule has 17 heavy (non-hydrogen) atoms. The van der Waals surface area contributed by atoms with Crippen LogP contribution in [0.2, 0.25) is 0 Å². The van der Waals surface area contributed by atoms with E-state index in [2.05, 4.69) is 12.2 Å². The summed E-state index contributed by atoms with van der Waals surface area (Å²) < 4.78 is 5.36. The summed E-state index contributed by atoms with van der Waals surface area (Å²) >= 11 is 0. The monoisotopic (exact) mass is 241 g/mol. The minimum absolute atomic E-state index is 0.869. The summed E-state index contributed by atoms with van der Waals surface area (Å²) in [6.45, 7) is 6.65. The van der Waals surface area contributed by atoms with E-state index in [4.69, 9.17) is 4.74 Å². The summed E-state index contributed by atoms with van der Waals surface area (Å²) in [4.78, 5) is 0. The molecule has 1 N–H and O–H groups in total. The highest BCUT2D eigenvalue weighted by atomic mass is 16.5. The van der Waals surface area contributed by atoms with Crippen molar-refractivity contribution in [3.05, 3.63) is 0 Å². The molecule has 1 fully saturated rings. The molecule has 0 spiro atoms. The Morgan fingerprint density at radius 3 is 2.29 bits per heavy atom. The zero-order chi connectivity index (χ0) is 12.2. The maximum absolute atomic E-state index is 5.36. The Balaban J connectivity index is 1.75. The Morgan fingerprint density at radius 1 is 0.941 bits per heavy atom. The van der Waals surface area contributed by atoms with Gasteiger partial charge < -0.3 is 10.1 Å². The second-order valence-corrected chi connectivity index (χ2v) is 5.38. The van der Waals surface area contributed by atoms with E-state index < -0.39 is 0 Å². The van der Waals surface area contributed by atoms with E-state index in [1.54, 1.807) is 0 Å². The second-order valence-electron chi connectivity index (χ2n) is 5.38. The summed E-state index contributed by atoms with van der Waals surface area (Å²) in [5.41, 5.74) is 0. The smallest absolute Gasteiger partial charge is 0.0469 e. The molecule has 0 radical (unpaired) electrons. The maximum atomic E-state index is 5.36. The largest absolute Gasteiger partial charge is 0.381 e. The maximum Gasteiger partial charge on any atom is 0.0469 e. The normalized spacial score (nSPS) is 17.5. The number of hydrogen-bond acceptors (Lipinski definition) is 2. The molecule has 0 aromatic carbocycles. The SMILES string of the molecule is CCCCCCCCCNCC1CCOCC1. The Kier molecular flexibility index (Phi) is 9.72. The predicted octanol–water partition coefficient (Wildman–Crippen LogP) is 3.75. The van der Waals surface area contributed by atoms with E-state index in [0.717, 1.165) is 19.1 Å². The zero-order valence-electron chi connectivity index (χ0n) is 11.7. The minimum atomic E-state index is 0.869. The van der Waals surface area contributed by atoms with E-state index in [9.17, 15) is 0 Å². The van der Waals surface area contributed by atoms with Crippen molar-refractivity contribution in [1.82, 2.24) is 5.32 Å². The van der Waals surface area contributed by atoms with Crippen molar-refractivity contribution in [3.63, 3.8) is 0 Å². The molecule has 1 aliphatic rings. The van der Waals surface area contributed by atoms with Gasteiger partial charge in [0.05, 0.1) is 0 Å². The van der Waals surface area contributed by atoms with Crippen LogP contribution < -0.4 is 5.32 Å². The zero-order valence-corrected chi connectivity index (χ0v) is 11.7. The van der Waals surface area contributed by atoms with Crippen LogP contribution in [0.4, 0.5) is 0 Å². The van der Waals surface area contributed by atoms with Gasteiger partial charge >= 0.3 is 0 Å². The second kappa shape index (κ2) is 11.0. The standard InChI is InChI=1S/C15H31NO/c1-2-3-4-5-6-7-8-11-16-14-15-9-12-17-13-10-15/h15-16H,2-14H2,1H3. The molecular formula is C15H31NO. The first-order valence-electron chi connectivity index (χ1n) is 7.72. The van der Waals surface area contributed by atoms with Crippen LogP contribution in [-0.2, 0) is 4.74 Å². The Labute approximate surface area is 108 Å². The summed E-state index contributed by atoms with van der Waals surface area (Å²) in [6.07, 6.45) is 12.3. The fraction of sp³-hybridized carbons (Fsp3) is 1.00. The third kappa shape index (κ3) is 8.62. The molecule has 0 amide bonds. The highest BCUT2D eigenvalue weighted by Crippen LogP contribution is 2.13. The van der Waals surface area contributed by atoms with Crippen LogP contribution in [0, 0.1) is 5.92 Å². The van der Waals surface area contributed by atoms with Gasteiger partial charge in [-0.1, -0.05) is 45.4 Å². The van der Waals surface area contributed by atoms with Crippen LogP contribution in [0.1, 0.15) is 64.7 Å². The molecule has 102 valence electrons. The van der Waals surface area contributed by atoms with Gasteiger partial charge in [0.15, 0.2) is 0 Å². The van der Waals surface area contributed by atoms with Gasteiger partial charge in [-0.25, -0.2) is 0 Å². The van der Waals surface area contributed by atoms with Gasteiger partial charge in [0.25, 0.3) is 0 Å². The molecule has 0 unspecified atom stereocenters. The van der Waals surface area contributed by atoms with E-state index in [1.807, 2.05) is 0 Å². The fourth-order valence-corrected chi connectivity index (χ4v) is 2.46. The van der Waals surface area contributed by atoms with Crippen molar-refractivity contribution >= 4 is 0 Å². The molecule has 1 aliphatic heterocycles. The highest BCUT2D eigenvalue weighted by molar-refractivity contribution is 4.65. The van der Waals surface area contributed by atoms with Crippen molar-refractivity contribution in [2.45, 2.75) is 64.7 Å². The van der Waals surface area contributed by atoms with Crippen molar-refractivity contribution in [3.8, 4) is 0 Å². The third-order valence-electron chi connectivity index (χ3n) is 3.73. The third-order valence-corrected chi connectivity index (χ3v) is 3.73. The van der Waals surface area contributed by atoms with Crippen LogP contribution in [0.15, 0.2) is 0 Å². The number of hydrogen-bond donors (Lipinski definition) is 1. The van der Waals surface area contributed by atoms with Crippen molar-refractivity contribution in [1.29, 1.82) is 0 Å². The van der Waals surface area contributed by atoms with Gasteiger partial charge in [-0.15, -0.1) is 0 Å². The first kappa shape index (κ1) is 15.0. The first-order valence-corrected chi connectivity index (χ1v) is 7.72. The number of unbranched alkanes of at least 4 members (excludes halogenated alkanes) is 6. The van der Waals surface area contributed by atoms with Crippen LogP contribution in [-0.4, -0.2) is 26.3 Å². The van der Waals surface area contributed by atoms with Gasteiger partial charge in [-0.2, -0.15) is 0 Å². The first-order chi connectivity index (χ1) is 8.43. The molecule has 2 nitrogen and oxygen atoms in total. The molecule has 0 atom stereocenters.